The van der Waals surface area contributed by atoms with Crippen molar-refractivity contribution >= 4 is 22.7 Å². The number of nitrogens with zero attached hydrogens (tertiary/aromatic N) is 6. The Morgan fingerprint density at radius 2 is 1.75 bits per heavy atom. The molecule has 0 aliphatic carbocycles. The van der Waals surface area contributed by atoms with Gasteiger partial charge in [-0.1, -0.05) is 18.2 Å². The van der Waals surface area contributed by atoms with Gasteiger partial charge < -0.3 is 9.80 Å². The molecule has 0 atom stereocenters. The SMILES string of the molecule is FC(F)Cn1ncc2ncc(N3CC4(CCN(c5ccccc5)CC4)C3)nc21. The lowest BCUT2D eigenvalue weighted by atomic mass is 9.72. The van der Waals surface area contributed by atoms with Crippen molar-refractivity contribution in [3.63, 3.8) is 0 Å². The monoisotopic (exact) mass is 384 g/mol. The summed E-state index contributed by atoms with van der Waals surface area (Å²) in [7, 11) is 0. The highest BCUT2D eigenvalue weighted by atomic mass is 19.3. The molecule has 5 rings (SSSR count). The van der Waals surface area contributed by atoms with Crippen LogP contribution < -0.4 is 9.80 Å². The smallest absolute Gasteiger partial charge is 0.258 e. The fraction of sp³-hybridized carbons (Fsp3) is 0.450. The predicted molar refractivity (Wildman–Crippen MR) is 104 cm³/mol. The van der Waals surface area contributed by atoms with E-state index in [-0.39, 0.29) is 0 Å². The van der Waals surface area contributed by atoms with Crippen LogP contribution in [-0.4, -0.2) is 52.4 Å². The van der Waals surface area contributed by atoms with E-state index in [4.69, 9.17) is 0 Å². The van der Waals surface area contributed by atoms with E-state index in [1.54, 1.807) is 6.20 Å². The zero-order chi connectivity index (χ0) is 19.1. The molecule has 4 heterocycles. The molecule has 6 nitrogen and oxygen atoms in total. The van der Waals surface area contributed by atoms with E-state index in [0.29, 0.717) is 16.6 Å². The quantitative estimate of drug-likeness (QED) is 0.691. The lowest BCUT2D eigenvalue weighted by Gasteiger charge is -2.54. The third-order valence-electron chi connectivity index (χ3n) is 5.97. The van der Waals surface area contributed by atoms with Gasteiger partial charge in [-0.05, 0) is 25.0 Å². The second-order valence-corrected chi connectivity index (χ2v) is 7.83. The third-order valence-corrected chi connectivity index (χ3v) is 5.97. The number of aromatic nitrogens is 4. The lowest BCUT2D eigenvalue weighted by molar-refractivity contribution is 0.123. The summed E-state index contributed by atoms with van der Waals surface area (Å²) in [6.45, 7) is 3.55. The number of hydrogen-bond donors (Lipinski definition) is 0. The number of rotatable bonds is 4. The van der Waals surface area contributed by atoms with Crippen molar-refractivity contribution in [3.05, 3.63) is 42.7 Å². The molecule has 0 N–H and O–H groups in total. The highest BCUT2D eigenvalue weighted by molar-refractivity contribution is 5.71. The normalized spacial score (nSPS) is 18.8. The van der Waals surface area contributed by atoms with Gasteiger partial charge in [0.05, 0.1) is 12.4 Å². The van der Waals surface area contributed by atoms with Crippen LogP contribution in [0.3, 0.4) is 0 Å². The minimum atomic E-state index is -2.46. The average molecular weight is 384 g/mol. The molecule has 2 saturated heterocycles. The molecular weight excluding hydrogens is 362 g/mol. The van der Waals surface area contributed by atoms with Crippen LogP contribution in [-0.2, 0) is 6.54 Å². The van der Waals surface area contributed by atoms with Crippen LogP contribution >= 0.6 is 0 Å². The highest BCUT2D eigenvalue weighted by Crippen LogP contribution is 2.42. The summed E-state index contributed by atoms with van der Waals surface area (Å²) in [5.41, 5.74) is 2.59. The summed E-state index contributed by atoms with van der Waals surface area (Å²) in [6, 6.07) is 10.5. The maximum absolute atomic E-state index is 12.7. The van der Waals surface area contributed by atoms with Crippen LogP contribution in [0.2, 0.25) is 0 Å². The Morgan fingerprint density at radius 3 is 2.46 bits per heavy atom. The Labute approximate surface area is 161 Å². The standard InChI is InChI=1S/C20H22F2N6/c21-17(22)12-28-19-16(10-24-28)23-11-18(25-19)27-13-20(14-27)6-8-26(9-7-20)15-4-2-1-3-5-15/h1-5,10-11,17H,6-9,12-14H2. The topological polar surface area (TPSA) is 50.1 Å². The van der Waals surface area contributed by atoms with Crippen molar-refractivity contribution in [1.82, 2.24) is 19.7 Å². The second kappa shape index (κ2) is 6.68. The van der Waals surface area contributed by atoms with Gasteiger partial charge >= 0.3 is 0 Å². The zero-order valence-corrected chi connectivity index (χ0v) is 15.5. The van der Waals surface area contributed by atoms with Gasteiger partial charge in [0.2, 0.25) is 0 Å². The summed E-state index contributed by atoms with van der Waals surface area (Å²) in [6.07, 6.45) is 3.05. The average Bonchev–Trinajstić information content (AvgIpc) is 3.08. The van der Waals surface area contributed by atoms with Crippen LogP contribution in [0.5, 0.6) is 0 Å². The van der Waals surface area contributed by atoms with Crippen molar-refractivity contribution in [2.24, 2.45) is 5.41 Å². The van der Waals surface area contributed by atoms with E-state index < -0.39 is 13.0 Å². The van der Waals surface area contributed by atoms with E-state index in [0.717, 1.165) is 44.8 Å². The highest BCUT2D eigenvalue weighted by Gasteiger charge is 2.45. The van der Waals surface area contributed by atoms with Crippen molar-refractivity contribution in [1.29, 1.82) is 0 Å². The van der Waals surface area contributed by atoms with E-state index in [2.05, 4.69) is 49.1 Å². The molecule has 0 radical (unpaired) electrons. The molecule has 0 bridgehead atoms. The molecule has 2 fully saturated rings. The van der Waals surface area contributed by atoms with Gasteiger partial charge in [0.15, 0.2) is 5.65 Å². The van der Waals surface area contributed by atoms with Gasteiger partial charge in [0.25, 0.3) is 6.43 Å². The Bertz CT molecular complexity index is 957. The molecule has 146 valence electrons. The summed E-state index contributed by atoms with van der Waals surface area (Å²) in [5, 5.41) is 3.99. The summed E-state index contributed by atoms with van der Waals surface area (Å²) in [5.74, 6) is 0.750. The molecule has 2 aromatic heterocycles. The molecule has 8 heteroatoms. The van der Waals surface area contributed by atoms with Gasteiger partial charge in [-0.3, -0.25) is 0 Å². The number of piperidine rings is 1. The van der Waals surface area contributed by atoms with Crippen molar-refractivity contribution < 1.29 is 8.78 Å². The number of alkyl halides is 2. The Morgan fingerprint density at radius 1 is 1.00 bits per heavy atom. The van der Waals surface area contributed by atoms with Crippen LogP contribution in [0.4, 0.5) is 20.3 Å². The second-order valence-electron chi connectivity index (χ2n) is 7.83. The van der Waals surface area contributed by atoms with Crippen LogP contribution in [0.25, 0.3) is 11.2 Å². The van der Waals surface area contributed by atoms with Crippen LogP contribution in [0.1, 0.15) is 12.8 Å². The molecule has 0 amide bonds. The first kappa shape index (κ1) is 17.3. The minimum Gasteiger partial charge on any atom is -0.371 e. The summed E-state index contributed by atoms with van der Waals surface area (Å²) >= 11 is 0. The Kier molecular flexibility index (Phi) is 4.14. The molecule has 2 aliphatic heterocycles. The third kappa shape index (κ3) is 3.06. The number of anilines is 2. The van der Waals surface area contributed by atoms with Crippen LogP contribution in [0, 0.1) is 5.41 Å². The van der Waals surface area contributed by atoms with E-state index in [9.17, 15) is 8.78 Å². The Hall–Kier alpha value is -2.77. The fourth-order valence-corrected chi connectivity index (χ4v) is 4.38. The first-order chi connectivity index (χ1) is 13.6. The van der Waals surface area contributed by atoms with Crippen LogP contribution in [0.15, 0.2) is 42.7 Å². The summed E-state index contributed by atoms with van der Waals surface area (Å²) < 4.78 is 26.7. The maximum atomic E-state index is 12.7. The van der Waals surface area contributed by atoms with E-state index in [1.165, 1.54) is 16.6 Å². The first-order valence-corrected chi connectivity index (χ1v) is 9.64. The fourth-order valence-electron chi connectivity index (χ4n) is 4.38. The molecule has 1 spiro atoms. The van der Waals surface area contributed by atoms with Gasteiger partial charge in [0.1, 0.15) is 17.9 Å². The molecule has 28 heavy (non-hydrogen) atoms. The zero-order valence-electron chi connectivity index (χ0n) is 15.5. The molecular formula is C20H22F2N6. The van der Waals surface area contributed by atoms with Gasteiger partial charge in [-0.15, -0.1) is 0 Å². The lowest BCUT2D eigenvalue weighted by Crippen LogP contribution is -2.60. The van der Waals surface area contributed by atoms with Crippen molar-refractivity contribution in [2.45, 2.75) is 25.8 Å². The molecule has 1 aromatic carbocycles. The van der Waals surface area contributed by atoms with Gasteiger partial charge in [-0.25, -0.2) is 23.4 Å². The number of benzene rings is 1. The van der Waals surface area contributed by atoms with Gasteiger partial charge in [0, 0.05) is 37.3 Å². The summed E-state index contributed by atoms with van der Waals surface area (Å²) in [4.78, 5) is 13.6. The molecule has 0 saturated carbocycles. The molecule has 2 aliphatic rings. The number of para-hydroxylation sites is 1. The van der Waals surface area contributed by atoms with Crippen molar-refractivity contribution in [2.75, 3.05) is 36.0 Å². The number of halogens is 2. The predicted octanol–water partition coefficient (Wildman–Crippen LogP) is 3.20. The Balaban J connectivity index is 1.26. The number of fused-ring (bicyclic) bond motifs is 1. The first-order valence-electron chi connectivity index (χ1n) is 9.64. The minimum absolute atomic E-state index is 0.325. The molecule has 3 aromatic rings. The number of hydrogen-bond acceptors (Lipinski definition) is 5. The van der Waals surface area contributed by atoms with E-state index >= 15 is 0 Å². The van der Waals surface area contributed by atoms with Gasteiger partial charge in [-0.2, -0.15) is 5.10 Å². The maximum Gasteiger partial charge on any atom is 0.258 e. The van der Waals surface area contributed by atoms with E-state index in [1.807, 2.05) is 6.07 Å². The largest absolute Gasteiger partial charge is 0.371 e. The molecule has 0 unspecified atom stereocenters. The van der Waals surface area contributed by atoms with Crippen molar-refractivity contribution in [3.8, 4) is 0 Å².